The van der Waals surface area contributed by atoms with Crippen LogP contribution in [0.4, 0.5) is 0 Å². The summed E-state index contributed by atoms with van der Waals surface area (Å²) in [5, 5.41) is 6.44. The standard InChI is InChI=1S/C12H22N2O/c15-12(7-10-3-1-4-10)14-9-11-5-2-6-13-8-11/h10-11,13H,1-9H2,(H,14,15). The average Bonchev–Trinajstić information content (AvgIpc) is 2.22. The molecule has 0 aromatic heterocycles. The second-order valence-electron chi connectivity index (χ2n) is 5.02. The molecule has 3 heteroatoms. The van der Waals surface area contributed by atoms with E-state index in [1.54, 1.807) is 0 Å². The summed E-state index contributed by atoms with van der Waals surface area (Å²) in [6.07, 6.45) is 7.13. The van der Waals surface area contributed by atoms with Gasteiger partial charge in [0, 0.05) is 13.0 Å². The lowest BCUT2D eigenvalue weighted by atomic mass is 9.83. The summed E-state index contributed by atoms with van der Waals surface area (Å²) >= 11 is 0. The van der Waals surface area contributed by atoms with Crippen molar-refractivity contribution in [1.29, 1.82) is 0 Å². The minimum Gasteiger partial charge on any atom is -0.356 e. The maximum absolute atomic E-state index is 11.6. The van der Waals surface area contributed by atoms with Gasteiger partial charge in [-0.1, -0.05) is 6.42 Å². The first-order valence-corrected chi connectivity index (χ1v) is 6.32. The fourth-order valence-electron chi connectivity index (χ4n) is 2.39. The summed E-state index contributed by atoms with van der Waals surface area (Å²) in [6, 6.07) is 0. The van der Waals surface area contributed by atoms with Crippen LogP contribution in [0.3, 0.4) is 0 Å². The SMILES string of the molecule is O=C(CC1CCC1)NCC1CCCNC1. The molecule has 1 aliphatic heterocycles. The predicted molar refractivity (Wildman–Crippen MR) is 60.6 cm³/mol. The van der Waals surface area contributed by atoms with Gasteiger partial charge in [0.25, 0.3) is 0 Å². The van der Waals surface area contributed by atoms with Gasteiger partial charge < -0.3 is 10.6 Å². The Morgan fingerprint density at radius 1 is 1.20 bits per heavy atom. The lowest BCUT2D eigenvalue weighted by Crippen LogP contribution is -2.38. The number of carbonyl (C=O) groups is 1. The molecule has 0 spiro atoms. The van der Waals surface area contributed by atoms with E-state index in [1.807, 2.05) is 0 Å². The monoisotopic (exact) mass is 210 g/mol. The molecule has 1 heterocycles. The van der Waals surface area contributed by atoms with Crippen molar-refractivity contribution in [2.45, 2.75) is 38.5 Å². The molecule has 1 saturated heterocycles. The molecule has 2 N–H and O–H groups in total. The van der Waals surface area contributed by atoms with E-state index < -0.39 is 0 Å². The van der Waals surface area contributed by atoms with Gasteiger partial charge in [-0.25, -0.2) is 0 Å². The quantitative estimate of drug-likeness (QED) is 0.734. The largest absolute Gasteiger partial charge is 0.356 e. The summed E-state index contributed by atoms with van der Waals surface area (Å²) < 4.78 is 0. The van der Waals surface area contributed by atoms with Gasteiger partial charge in [-0.2, -0.15) is 0 Å². The third kappa shape index (κ3) is 3.49. The van der Waals surface area contributed by atoms with E-state index in [0.717, 1.165) is 26.1 Å². The van der Waals surface area contributed by atoms with Crippen LogP contribution in [-0.4, -0.2) is 25.5 Å². The van der Waals surface area contributed by atoms with Crippen molar-refractivity contribution in [3.63, 3.8) is 0 Å². The van der Waals surface area contributed by atoms with Gasteiger partial charge >= 0.3 is 0 Å². The topological polar surface area (TPSA) is 41.1 Å². The van der Waals surface area contributed by atoms with Crippen molar-refractivity contribution in [3.05, 3.63) is 0 Å². The highest BCUT2D eigenvalue weighted by atomic mass is 16.1. The third-order valence-electron chi connectivity index (χ3n) is 3.69. The summed E-state index contributed by atoms with van der Waals surface area (Å²) in [5.41, 5.74) is 0. The molecule has 0 bridgehead atoms. The van der Waals surface area contributed by atoms with E-state index in [0.29, 0.717) is 11.8 Å². The van der Waals surface area contributed by atoms with Crippen LogP contribution < -0.4 is 10.6 Å². The van der Waals surface area contributed by atoms with Crippen LogP contribution in [0.2, 0.25) is 0 Å². The van der Waals surface area contributed by atoms with E-state index in [9.17, 15) is 4.79 Å². The minimum atomic E-state index is 0.269. The van der Waals surface area contributed by atoms with Gasteiger partial charge in [0.1, 0.15) is 0 Å². The van der Waals surface area contributed by atoms with Crippen LogP contribution in [0.5, 0.6) is 0 Å². The third-order valence-corrected chi connectivity index (χ3v) is 3.69. The highest BCUT2D eigenvalue weighted by molar-refractivity contribution is 5.76. The van der Waals surface area contributed by atoms with Crippen molar-refractivity contribution < 1.29 is 4.79 Å². The molecule has 0 radical (unpaired) electrons. The zero-order chi connectivity index (χ0) is 10.5. The van der Waals surface area contributed by atoms with Gasteiger partial charge in [-0.3, -0.25) is 4.79 Å². The number of hydrogen-bond donors (Lipinski definition) is 2. The Kier molecular flexibility index (Phi) is 4.01. The first-order valence-electron chi connectivity index (χ1n) is 6.32. The molecular weight excluding hydrogens is 188 g/mol. The minimum absolute atomic E-state index is 0.269. The fraction of sp³-hybridized carbons (Fsp3) is 0.917. The normalized spacial score (nSPS) is 27.1. The van der Waals surface area contributed by atoms with Crippen LogP contribution in [-0.2, 0) is 4.79 Å². The second-order valence-corrected chi connectivity index (χ2v) is 5.02. The predicted octanol–water partition coefficient (Wildman–Crippen LogP) is 1.29. The Labute approximate surface area is 92.0 Å². The highest BCUT2D eigenvalue weighted by Crippen LogP contribution is 2.29. The molecule has 0 aromatic rings. The van der Waals surface area contributed by atoms with Gasteiger partial charge in [-0.05, 0) is 50.6 Å². The second kappa shape index (κ2) is 5.50. The Bertz CT molecular complexity index is 208. The smallest absolute Gasteiger partial charge is 0.220 e. The van der Waals surface area contributed by atoms with Crippen LogP contribution in [0.1, 0.15) is 38.5 Å². The zero-order valence-electron chi connectivity index (χ0n) is 9.43. The molecule has 1 atom stereocenters. The number of carbonyl (C=O) groups excluding carboxylic acids is 1. The molecular formula is C12H22N2O. The number of piperidine rings is 1. The summed E-state index contributed by atoms with van der Waals surface area (Å²) in [6.45, 7) is 3.09. The molecule has 1 amide bonds. The van der Waals surface area contributed by atoms with E-state index in [2.05, 4.69) is 10.6 Å². The lowest BCUT2D eigenvalue weighted by Gasteiger charge is -2.26. The summed E-state index contributed by atoms with van der Waals surface area (Å²) in [5.74, 6) is 1.61. The Morgan fingerprint density at radius 3 is 2.60 bits per heavy atom. The molecule has 2 fully saturated rings. The maximum Gasteiger partial charge on any atom is 0.220 e. The summed E-state index contributed by atoms with van der Waals surface area (Å²) in [4.78, 5) is 11.6. The first-order chi connectivity index (χ1) is 7.34. The van der Waals surface area contributed by atoms with Gasteiger partial charge in [0.05, 0.1) is 0 Å². The van der Waals surface area contributed by atoms with E-state index in [4.69, 9.17) is 0 Å². The van der Waals surface area contributed by atoms with E-state index >= 15 is 0 Å². The fourth-order valence-corrected chi connectivity index (χ4v) is 2.39. The van der Waals surface area contributed by atoms with Crippen molar-refractivity contribution >= 4 is 5.91 Å². The number of amides is 1. The maximum atomic E-state index is 11.6. The summed E-state index contributed by atoms with van der Waals surface area (Å²) in [7, 11) is 0. The molecule has 1 saturated carbocycles. The molecule has 2 aliphatic rings. The number of nitrogens with one attached hydrogen (secondary N) is 2. The molecule has 3 nitrogen and oxygen atoms in total. The van der Waals surface area contributed by atoms with Gasteiger partial charge in [-0.15, -0.1) is 0 Å². The molecule has 0 aromatic carbocycles. The van der Waals surface area contributed by atoms with Crippen molar-refractivity contribution in [2.75, 3.05) is 19.6 Å². The Hall–Kier alpha value is -0.570. The lowest BCUT2D eigenvalue weighted by molar-refractivity contribution is -0.122. The average molecular weight is 210 g/mol. The first kappa shape index (κ1) is 10.9. The van der Waals surface area contributed by atoms with Crippen molar-refractivity contribution in [2.24, 2.45) is 11.8 Å². The van der Waals surface area contributed by atoms with Crippen LogP contribution in [0.25, 0.3) is 0 Å². The molecule has 86 valence electrons. The molecule has 2 rings (SSSR count). The van der Waals surface area contributed by atoms with Crippen LogP contribution in [0, 0.1) is 11.8 Å². The van der Waals surface area contributed by atoms with Crippen molar-refractivity contribution in [1.82, 2.24) is 10.6 Å². The van der Waals surface area contributed by atoms with Crippen LogP contribution >= 0.6 is 0 Å². The number of hydrogen-bond acceptors (Lipinski definition) is 2. The van der Waals surface area contributed by atoms with Crippen LogP contribution in [0.15, 0.2) is 0 Å². The van der Waals surface area contributed by atoms with Crippen molar-refractivity contribution in [3.8, 4) is 0 Å². The zero-order valence-corrected chi connectivity index (χ0v) is 9.43. The molecule has 1 unspecified atom stereocenters. The molecule has 1 aliphatic carbocycles. The van der Waals surface area contributed by atoms with Gasteiger partial charge in [0.15, 0.2) is 0 Å². The Morgan fingerprint density at radius 2 is 2.00 bits per heavy atom. The van der Waals surface area contributed by atoms with E-state index in [-0.39, 0.29) is 5.91 Å². The Balaban J connectivity index is 1.57. The van der Waals surface area contributed by atoms with E-state index in [1.165, 1.54) is 32.1 Å². The number of rotatable bonds is 4. The van der Waals surface area contributed by atoms with Gasteiger partial charge in [0.2, 0.25) is 5.91 Å². The highest BCUT2D eigenvalue weighted by Gasteiger charge is 2.21. The molecule has 15 heavy (non-hydrogen) atoms.